The summed E-state index contributed by atoms with van der Waals surface area (Å²) in [6, 6.07) is 11.6. The maximum absolute atomic E-state index is 12.2. The van der Waals surface area contributed by atoms with Crippen molar-refractivity contribution in [2.24, 2.45) is 0 Å². The average Bonchev–Trinajstić information content (AvgIpc) is 2.82. The molecule has 0 spiro atoms. The van der Waals surface area contributed by atoms with Gasteiger partial charge in [0.15, 0.2) is 11.5 Å². The van der Waals surface area contributed by atoms with Crippen LogP contribution < -0.4 is 9.47 Å². The number of esters is 1. The van der Waals surface area contributed by atoms with Crippen LogP contribution in [0.5, 0.6) is 11.5 Å². The van der Waals surface area contributed by atoms with Crippen molar-refractivity contribution in [3.05, 3.63) is 59.2 Å². The van der Waals surface area contributed by atoms with Gasteiger partial charge in [0, 0.05) is 0 Å². The quantitative estimate of drug-likeness (QED) is 0.489. The van der Waals surface area contributed by atoms with Crippen LogP contribution in [0.15, 0.2) is 42.5 Å². The van der Waals surface area contributed by atoms with E-state index in [0.717, 1.165) is 10.5 Å². The first-order chi connectivity index (χ1) is 11.5. The Bertz CT molecular complexity index is 808. The molecule has 6 heteroatoms. The Morgan fingerprint density at radius 3 is 2.21 bits per heavy atom. The summed E-state index contributed by atoms with van der Waals surface area (Å²) < 4.78 is 10.4. The van der Waals surface area contributed by atoms with E-state index < -0.39 is 24.3 Å². The average molecular weight is 325 g/mol. The molecule has 0 aliphatic carbocycles. The van der Waals surface area contributed by atoms with Crippen molar-refractivity contribution in [2.75, 3.05) is 13.7 Å². The van der Waals surface area contributed by atoms with E-state index in [9.17, 15) is 14.4 Å². The second-order valence-corrected chi connectivity index (χ2v) is 5.37. The molecule has 24 heavy (non-hydrogen) atoms. The lowest BCUT2D eigenvalue weighted by molar-refractivity contribution is -0.134. The van der Waals surface area contributed by atoms with Gasteiger partial charge in [-0.15, -0.1) is 0 Å². The van der Waals surface area contributed by atoms with E-state index in [2.05, 4.69) is 0 Å². The SMILES string of the molecule is COc1cc(C)ccc1OC(=O)CN1C(=O)c2ccccc2C1=O. The standard InChI is InChI=1S/C18H15NO5/c1-11-7-8-14(15(9-11)23-2)24-16(20)10-19-17(21)12-5-3-4-6-13(12)18(19)22/h3-9H,10H2,1-2H3. The zero-order chi connectivity index (χ0) is 17.3. The first-order valence-electron chi connectivity index (χ1n) is 7.32. The number of carbonyl (C=O) groups is 3. The van der Waals surface area contributed by atoms with Crippen molar-refractivity contribution in [2.45, 2.75) is 6.92 Å². The molecule has 0 atom stereocenters. The fourth-order valence-electron chi connectivity index (χ4n) is 2.53. The number of hydrogen-bond acceptors (Lipinski definition) is 5. The van der Waals surface area contributed by atoms with E-state index in [1.54, 1.807) is 42.5 Å². The fourth-order valence-corrected chi connectivity index (χ4v) is 2.53. The van der Waals surface area contributed by atoms with Crippen LogP contribution in [-0.2, 0) is 4.79 Å². The molecule has 0 N–H and O–H groups in total. The monoisotopic (exact) mass is 325 g/mol. The van der Waals surface area contributed by atoms with Gasteiger partial charge in [0.1, 0.15) is 6.54 Å². The number of amides is 2. The van der Waals surface area contributed by atoms with E-state index in [0.29, 0.717) is 16.9 Å². The molecule has 0 radical (unpaired) electrons. The number of nitrogens with zero attached hydrogens (tertiary/aromatic N) is 1. The third-order valence-corrected chi connectivity index (χ3v) is 3.71. The largest absolute Gasteiger partial charge is 0.493 e. The second-order valence-electron chi connectivity index (χ2n) is 5.37. The Balaban J connectivity index is 1.75. The Labute approximate surface area is 138 Å². The number of ether oxygens (including phenoxy) is 2. The van der Waals surface area contributed by atoms with Crippen molar-refractivity contribution in [3.8, 4) is 11.5 Å². The van der Waals surface area contributed by atoms with E-state index in [1.807, 2.05) is 6.92 Å². The van der Waals surface area contributed by atoms with Gasteiger partial charge in [-0.05, 0) is 36.8 Å². The highest BCUT2D eigenvalue weighted by molar-refractivity contribution is 6.22. The molecule has 0 unspecified atom stereocenters. The van der Waals surface area contributed by atoms with Gasteiger partial charge in [-0.3, -0.25) is 14.5 Å². The Kier molecular flexibility index (Phi) is 4.04. The summed E-state index contributed by atoms with van der Waals surface area (Å²) in [4.78, 5) is 37.5. The normalized spacial score (nSPS) is 13.0. The van der Waals surface area contributed by atoms with E-state index >= 15 is 0 Å². The molecule has 1 aliphatic heterocycles. The van der Waals surface area contributed by atoms with Crippen LogP contribution in [0, 0.1) is 6.92 Å². The van der Waals surface area contributed by atoms with E-state index in [1.165, 1.54) is 7.11 Å². The van der Waals surface area contributed by atoms with Gasteiger partial charge >= 0.3 is 5.97 Å². The number of benzene rings is 2. The van der Waals surface area contributed by atoms with Crippen molar-refractivity contribution < 1.29 is 23.9 Å². The van der Waals surface area contributed by atoms with E-state index in [-0.39, 0.29) is 5.75 Å². The molecule has 122 valence electrons. The van der Waals surface area contributed by atoms with Gasteiger partial charge in [0.05, 0.1) is 18.2 Å². The maximum atomic E-state index is 12.2. The zero-order valence-electron chi connectivity index (χ0n) is 13.2. The molecule has 0 fully saturated rings. The lowest BCUT2D eigenvalue weighted by Crippen LogP contribution is -2.36. The van der Waals surface area contributed by atoms with Crippen LogP contribution in [0.3, 0.4) is 0 Å². The predicted octanol–water partition coefficient (Wildman–Crippen LogP) is 2.21. The molecule has 0 saturated heterocycles. The van der Waals surface area contributed by atoms with Crippen LogP contribution in [0.4, 0.5) is 0 Å². The Morgan fingerprint density at radius 1 is 1.00 bits per heavy atom. The van der Waals surface area contributed by atoms with Crippen LogP contribution in [0.2, 0.25) is 0 Å². The maximum Gasteiger partial charge on any atom is 0.331 e. The van der Waals surface area contributed by atoms with Crippen molar-refractivity contribution in [1.82, 2.24) is 4.90 Å². The summed E-state index contributed by atoms with van der Waals surface area (Å²) in [5, 5.41) is 0. The summed E-state index contributed by atoms with van der Waals surface area (Å²) >= 11 is 0. The second kappa shape index (κ2) is 6.16. The third kappa shape index (κ3) is 2.74. The molecule has 2 aromatic carbocycles. The molecule has 0 bridgehead atoms. The van der Waals surface area contributed by atoms with Gasteiger partial charge in [-0.1, -0.05) is 18.2 Å². The topological polar surface area (TPSA) is 72.9 Å². The Hall–Kier alpha value is -3.15. The van der Waals surface area contributed by atoms with Gasteiger partial charge in [-0.2, -0.15) is 0 Å². The first kappa shape index (κ1) is 15.7. The van der Waals surface area contributed by atoms with Crippen LogP contribution in [-0.4, -0.2) is 36.3 Å². The summed E-state index contributed by atoms with van der Waals surface area (Å²) in [6.07, 6.45) is 0. The number of aryl methyl sites for hydroxylation is 1. The van der Waals surface area contributed by atoms with Gasteiger partial charge in [-0.25, -0.2) is 4.79 Å². The lowest BCUT2D eigenvalue weighted by atomic mass is 10.1. The van der Waals surface area contributed by atoms with Crippen LogP contribution >= 0.6 is 0 Å². The third-order valence-electron chi connectivity index (χ3n) is 3.71. The van der Waals surface area contributed by atoms with Crippen molar-refractivity contribution in [1.29, 1.82) is 0 Å². The number of carbonyl (C=O) groups excluding carboxylic acids is 3. The molecular weight excluding hydrogens is 310 g/mol. The molecule has 2 aromatic rings. The summed E-state index contributed by atoms with van der Waals surface area (Å²) in [5.74, 6) is -1.06. The van der Waals surface area contributed by atoms with Crippen molar-refractivity contribution in [3.63, 3.8) is 0 Å². The van der Waals surface area contributed by atoms with Crippen LogP contribution in [0.1, 0.15) is 26.3 Å². The number of methoxy groups -OCH3 is 1. The molecule has 1 heterocycles. The minimum absolute atomic E-state index is 0.240. The summed E-state index contributed by atoms with van der Waals surface area (Å²) in [7, 11) is 1.47. The van der Waals surface area contributed by atoms with E-state index in [4.69, 9.17) is 9.47 Å². The van der Waals surface area contributed by atoms with Gasteiger partial charge < -0.3 is 9.47 Å². The number of imide groups is 1. The smallest absolute Gasteiger partial charge is 0.331 e. The predicted molar refractivity (Wildman–Crippen MR) is 85.2 cm³/mol. The molecule has 0 aromatic heterocycles. The molecule has 1 aliphatic rings. The minimum atomic E-state index is -0.716. The molecule has 6 nitrogen and oxygen atoms in total. The molecule has 2 amide bonds. The van der Waals surface area contributed by atoms with Crippen molar-refractivity contribution >= 4 is 17.8 Å². The molecular formula is C18H15NO5. The number of hydrogen-bond donors (Lipinski definition) is 0. The van der Waals surface area contributed by atoms with Gasteiger partial charge in [0.25, 0.3) is 11.8 Å². The zero-order valence-corrected chi connectivity index (χ0v) is 13.2. The summed E-state index contributed by atoms with van der Waals surface area (Å²) in [5.41, 5.74) is 1.54. The summed E-state index contributed by atoms with van der Waals surface area (Å²) in [6.45, 7) is 1.43. The molecule has 3 rings (SSSR count). The number of rotatable bonds is 4. The Morgan fingerprint density at radius 2 is 1.62 bits per heavy atom. The minimum Gasteiger partial charge on any atom is -0.493 e. The first-order valence-corrected chi connectivity index (χ1v) is 7.32. The fraction of sp³-hybridized carbons (Fsp3) is 0.167. The highest BCUT2D eigenvalue weighted by Gasteiger charge is 2.36. The molecule has 0 saturated carbocycles. The van der Waals surface area contributed by atoms with Crippen LogP contribution in [0.25, 0.3) is 0 Å². The van der Waals surface area contributed by atoms with Gasteiger partial charge in [0.2, 0.25) is 0 Å². The lowest BCUT2D eigenvalue weighted by Gasteiger charge is -2.14. The number of fused-ring (bicyclic) bond motifs is 1. The highest BCUT2D eigenvalue weighted by atomic mass is 16.6. The highest BCUT2D eigenvalue weighted by Crippen LogP contribution is 2.28.